The molecule has 1 atom stereocenters. The molecule has 1 saturated heterocycles. The second-order valence-corrected chi connectivity index (χ2v) is 8.31. The Balaban J connectivity index is 1.66. The molecule has 152 valence electrons. The fraction of sp³-hybridized carbons (Fsp3) is 0.167. The maximum Gasteiger partial charge on any atom is 0.255 e. The second kappa shape index (κ2) is 8.32. The average molecular weight is 421 g/mol. The van der Waals surface area contributed by atoms with E-state index >= 15 is 0 Å². The first-order valence-corrected chi connectivity index (χ1v) is 10.7. The SMILES string of the molecule is Cc1ccc(N2C(=O)CSC2c2ccccc2NC(=O)c2ccc(F)cc2)cc1C. The third-order valence-electron chi connectivity index (χ3n) is 5.22. The van der Waals surface area contributed by atoms with Gasteiger partial charge >= 0.3 is 0 Å². The molecule has 4 rings (SSSR count). The van der Waals surface area contributed by atoms with Crippen LogP contribution in [0.2, 0.25) is 0 Å². The Bertz CT molecular complexity index is 1110. The summed E-state index contributed by atoms with van der Waals surface area (Å²) in [7, 11) is 0. The van der Waals surface area contributed by atoms with E-state index in [1.165, 1.54) is 41.6 Å². The first kappa shape index (κ1) is 20.2. The van der Waals surface area contributed by atoms with Crippen molar-refractivity contribution in [2.75, 3.05) is 16.0 Å². The molecule has 0 spiro atoms. The minimum absolute atomic E-state index is 0.0351. The summed E-state index contributed by atoms with van der Waals surface area (Å²) in [6.45, 7) is 4.07. The number of anilines is 2. The van der Waals surface area contributed by atoms with Gasteiger partial charge in [-0.3, -0.25) is 14.5 Å². The highest BCUT2D eigenvalue weighted by Gasteiger charge is 2.35. The zero-order valence-electron chi connectivity index (χ0n) is 16.7. The summed E-state index contributed by atoms with van der Waals surface area (Å²) in [5, 5.41) is 2.67. The molecule has 3 aromatic rings. The summed E-state index contributed by atoms with van der Waals surface area (Å²) < 4.78 is 13.2. The zero-order valence-corrected chi connectivity index (χ0v) is 17.5. The molecule has 1 fully saturated rings. The fourth-order valence-corrected chi connectivity index (χ4v) is 4.64. The van der Waals surface area contributed by atoms with Crippen molar-refractivity contribution in [1.29, 1.82) is 0 Å². The number of halogens is 1. The van der Waals surface area contributed by atoms with Gasteiger partial charge in [0.15, 0.2) is 0 Å². The van der Waals surface area contributed by atoms with Gasteiger partial charge < -0.3 is 5.32 Å². The van der Waals surface area contributed by atoms with E-state index in [9.17, 15) is 14.0 Å². The monoisotopic (exact) mass is 420 g/mol. The van der Waals surface area contributed by atoms with Crippen LogP contribution in [0.1, 0.15) is 32.4 Å². The molecule has 0 radical (unpaired) electrons. The van der Waals surface area contributed by atoms with E-state index in [1.54, 1.807) is 4.90 Å². The predicted molar refractivity (Wildman–Crippen MR) is 119 cm³/mol. The van der Waals surface area contributed by atoms with Crippen LogP contribution in [0.3, 0.4) is 0 Å². The number of carbonyl (C=O) groups is 2. The lowest BCUT2D eigenvalue weighted by Crippen LogP contribution is -2.28. The van der Waals surface area contributed by atoms with Crippen molar-refractivity contribution in [1.82, 2.24) is 0 Å². The highest BCUT2D eigenvalue weighted by Crippen LogP contribution is 2.44. The average Bonchev–Trinajstić information content (AvgIpc) is 3.12. The highest BCUT2D eigenvalue weighted by atomic mass is 32.2. The molecular formula is C24H21FN2O2S. The normalized spacial score (nSPS) is 16.0. The van der Waals surface area contributed by atoms with Gasteiger partial charge in [0.05, 0.1) is 5.75 Å². The number of hydrogen-bond acceptors (Lipinski definition) is 3. The van der Waals surface area contributed by atoms with Crippen LogP contribution in [-0.2, 0) is 4.79 Å². The van der Waals surface area contributed by atoms with E-state index < -0.39 is 5.82 Å². The van der Waals surface area contributed by atoms with Gasteiger partial charge in [-0.2, -0.15) is 0 Å². The van der Waals surface area contributed by atoms with Gasteiger partial charge in [-0.1, -0.05) is 24.3 Å². The number of carbonyl (C=O) groups excluding carboxylic acids is 2. The number of nitrogens with zero attached hydrogens (tertiary/aromatic N) is 1. The number of rotatable bonds is 4. The Labute approximate surface area is 179 Å². The molecule has 1 aliphatic rings. The van der Waals surface area contributed by atoms with Crippen LogP contribution in [0, 0.1) is 19.7 Å². The van der Waals surface area contributed by atoms with Crippen LogP contribution >= 0.6 is 11.8 Å². The number of benzene rings is 3. The Morgan fingerprint density at radius 2 is 1.77 bits per heavy atom. The van der Waals surface area contributed by atoms with Crippen molar-refractivity contribution in [2.45, 2.75) is 19.2 Å². The van der Waals surface area contributed by atoms with Crippen LogP contribution in [0.25, 0.3) is 0 Å². The molecule has 0 saturated carbocycles. The number of para-hydroxylation sites is 1. The maximum atomic E-state index is 13.2. The van der Waals surface area contributed by atoms with Crippen LogP contribution in [0.15, 0.2) is 66.7 Å². The maximum absolute atomic E-state index is 13.2. The number of hydrogen-bond donors (Lipinski definition) is 1. The first-order chi connectivity index (χ1) is 14.4. The van der Waals surface area contributed by atoms with E-state index in [0.29, 0.717) is 17.0 Å². The number of aryl methyl sites for hydroxylation is 2. The minimum Gasteiger partial charge on any atom is -0.322 e. The molecule has 0 aromatic heterocycles. The summed E-state index contributed by atoms with van der Waals surface area (Å²) in [5.74, 6) is -0.308. The van der Waals surface area contributed by atoms with E-state index in [4.69, 9.17) is 0 Å². The standard InChI is InChI=1S/C24H21FN2O2S/c1-15-7-12-19(13-16(15)2)27-22(28)14-30-24(27)20-5-3-4-6-21(20)26-23(29)17-8-10-18(25)11-9-17/h3-13,24H,14H2,1-2H3,(H,26,29). The van der Waals surface area contributed by atoms with Crippen molar-refractivity contribution in [3.63, 3.8) is 0 Å². The van der Waals surface area contributed by atoms with Gasteiger partial charge in [0, 0.05) is 22.5 Å². The van der Waals surface area contributed by atoms with Crippen molar-refractivity contribution in [3.8, 4) is 0 Å². The third-order valence-corrected chi connectivity index (χ3v) is 6.41. The van der Waals surface area contributed by atoms with Crippen molar-refractivity contribution in [2.24, 2.45) is 0 Å². The molecule has 1 N–H and O–H groups in total. The Morgan fingerprint density at radius 3 is 2.50 bits per heavy atom. The minimum atomic E-state index is -0.392. The van der Waals surface area contributed by atoms with E-state index in [0.717, 1.165) is 16.8 Å². The Hall–Kier alpha value is -3.12. The molecule has 4 nitrogen and oxygen atoms in total. The summed E-state index contributed by atoms with van der Waals surface area (Å²) >= 11 is 1.53. The summed E-state index contributed by atoms with van der Waals surface area (Å²) in [6.07, 6.45) is 0. The summed E-state index contributed by atoms with van der Waals surface area (Å²) in [6, 6.07) is 18.9. The third kappa shape index (κ3) is 3.96. The zero-order chi connectivity index (χ0) is 21.3. The Kier molecular flexibility index (Phi) is 5.59. The number of thioether (sulfide) groups is 1. The van der Waals surface area contributed by atoms with Crippen molar-refractivity contribution >= 4 is 35.0 Å². The van der Waals surface area contributed by atoms with E-state index in [-0.39, 0.29) is 17.2 Å². The second-order valence-electron chi connectivity index (χ2n) is 7.24. The van der Waals surface area contributed by atoms with Gasteiger partial charge in [0.2, 0.25) is 5.91 Å². The Morgan fingerprint density at radius 1 is 1.03 bits per heavy atom. The lowest BCUT2D eigenvalue weighted by molar-refractivity contribution is -0.115. The van der Waals surface area contributed by atoms with Crippen molar-refractivity contribution in [3.05, 3.63) is 94.8 Å². The van der Waals surface area contributed by atoms with Crippen LogP contribution in [-0.4, -0.2) is 17.6 Å². The largest absolute Gasteiger partial charge is 0.322 e. The smallest absolute Gasteiger partial charge is 0.255 e. The summed E-state index contributed by atoms with van der Waals surface area (Å²) in [5.41, 5.74) is 4.98. The molecule has 1 aliphatic heterocycles. The van der Waals surface area contributed by atoms with Gasteiger partial charge in [-0.25, -0.2) is 4.39 Å². The van der Waals surface area contributed by atoms with Crippen LogP contribution < -0.4 is 10.2 Å². The molecule has 0 bridgehead atoms. The quantitative estimate of drug-likeness (QED) is 0.609. The molecule has 2 amide bonds. The summed E-state index contributed by atoms with van der Waals surface area (Å²) in [4.78, 5) is 27.2. The van der Waals surface area contributed by atoms with Crippen molar-refractivity contribution < 1.29 is 14.0 Å². The number of amides is 2. The lowest BCUT2D eigenvalue weighted by atomic mass is 10.1. The molecule has 3 aromatic carbocycles. The molecule has 30 heavy (non-hydrogen) atoms. The first-order valence-electron chi connectivity index (χ1n) is 9.61. The lowest BCUT2D eigenvalue weighted by Gasteiger charge is -2.26. The molecule has 1 unspecified atom stereocenters. The van der Waals surface area contributed by atoms with Gasteiger partial charge in [-0.05, 0) is 67.4 Å². The van der Waals surface area contributed by atoms with Crippen LogP contribution in [0.4, 0.5) is 15.8 Å². The van der Waals surface area contributed by atoms with Gasteiger partial charge in [-0.15, -0.1) is 11.8 Å². The van der Waals surface area contributed by atoms with E-state index in [2.05, 4.69) is 5.32 Å². The van der Waals surface area contributed by atoms with Gasteiger partial charge in [0.1, 0.15) is 11.2 Å². The topological polar surface area (TPSA) is 49.4 Å². The molecule has 0 aliphatic carbocycles. The predicted octanol–water partition coefficient (Wildman–Crippen LogP) is 5.47. The number of nitrogens with one attached hydrogen (secondary N) is 1. The van der Waals surface area contributed by atoms with E-state index in [1.807, 2.05) is 56.3 Å². The highest BCUT2D eigenvalue weighted by molar-refractivity contribution is 8.00. The molecular weight excluding hydrogens is 399 g/mol. The molecule has 1 heterocycles. The molecule has 6 heteroatoms. The fourth-order valence-electron chi connectivity index (χ4n) is 3.43. The van der Waals surface area contributed by atoms with Crippen LogP contribution in [0.5, 0.6) is 0 Å². The van der Waals surface area contributed by atoms with Gasteiger partial charge in [0.25, 0.3) is 5.91 Å².